The topological polar surface area (TPSA) is 24.3 Å². The minimum Gasteiger partial charge on any atom is -0.321 e. The Bertz CT molecular complexity index is 3080. The molecule has 8 aromatic rings. The number of fused-ring (bicyclic) bond motifs is 4. The van der Waals surface area contributed by atoms with Gasteiger partial charge < -0.3 is 9.80 Å². The van der Waals surface area contributed by atoms with Crippen LogP contribution in [0.5, 0.6) is 0 Å². The number of benzene rings is 6. The van der Waals surface area contributed by atoms with Crippen molar-refractivity contribution in [3.63, 3.8) is 0 Å². The van der Waals surface area contributed by atoms with Gasteiger partial charge in [-0.1, -0.05) is 158 Å². The van der Waals surface area contributed by atoms with Gasteiger partial charge in [0, 0.05) is 47.4 Å². The quantitative estimate of drug-likeness (QED) is 0.160. The molecule has 6 aromatic carbocycles. The summed E-state index contributed by atoms with van der Waals surface area (Å²) in [5.41, 5.74) is 3.97. The van der Waals surface area contributed by atoms with Gasteiger partial charge in [-0.15, -0.1) is 0 Å². The highest BCUT2D eigenvalue weighted by atomic mass is 19.3. The highest BCUT2D eigenvalue weighted by Gasteiger charge is 2.38. The van der Waals surface area contributed by atoms with Crippen molar-refractivity contribution >= 4 is 44.6 Å². The average molecular weight is 801 g/mol. The zero-order chi connectivity index (χ0) is 47.2. The van der Waals surface area contributed by atoms with Crippen LogP contribution >= 0.6 is 0 Å². The molecule has 0 atom stereocenters. The molecule has 0 N–H and O–H groups in total. The first-order valence-corrected chi connectivity index (χ1v) is 20.4. The van der Waals surface area contributed by atoms with Crippen molar-refractivity contribution in [2.24, 2.45) is 0 Å². The Hall–Kier alpha value is -6.27. The SMILES string of the molecule is [2H]C([2H])([2H])C(c1ccccc1)(c1ccnc(-n2c3ccccc3c3ccc(C(F)(F)c4cccc(N5CN(c6c(C(C)(C)C)cccc6C(C)(C)C)c6ccccc65)c4)cc32)c1)C([2H])([2H])[2H]. The van der Waals surface area contributed by atoms with Crippen LogP contribution in [0.1, 0.15) is 96.9 Å². The standard InChI is InChI=1S/C54H52F2N4/c1-51(2,3)43-23-17-24-44(52(4,5)6)50(43)59-35-58(46-26-14-15-27-47(46)59)40-21-16-20-38(32-40)54(55,56)39-28-29-42-41-22-12-13-25-45(41)60(48(42)33-39)49-34-37(30-31-57-49)53(7,8)36-18-10-9-11-19-36/h9-34H,35H2,1-8H3/i7D3,8D3. The lowest BCUT2D eigenvalue weighted by Gasteiger charge is -2.35. The van der Waals surface area contributed by atoms with Crippen molar-refractivity contribution in [2.75, 3.05) is 16.5 Å². The molecule has 4 nitrogen and oxygen atoms in total. The number of pyridine rings is 1. The second-order valence-electron chi connectivity index (χ2n) is 17.9. The van der Waals surface area contributed by atoms with Crippen LogP contribution in [0.2, 0.25) is 0 Å². The molecule has 2 aromatic heterocycles. The molecule has 302 valence electrons. The molecule has 1 aliphatic rings. The fraction of sp³-hybridized carbons (Fsp3) is 0.241. The molecule has 3 heterocycles. The number of para-hydroxylation sites is 4. The number of hydrogen-bond donors (Lipinski definition) is 0. The van der Waals surface area contributed by atoms with Crippen molar-refractivity contribution in [1.82, 2.24) is 9.55 Å². The lowest BCUT2D eigenvalue weighted by atomic mass is 9.78. The molecular formula is C54H52F2N4. The highest BCUT2D eigenvalue weighted by molar-refractivity contribution is 6.09. The molecule has 0 bridgehead atoms. The molecule has 0 radical (unpaired) electrons. The zero-order valence-electron chi connectivity index (χ0n) is 40.8. The van der Waals surface area contributed by atoms with Crippen LogP contribution in [0.15, 0.2) is 158 Å². The number of hydrogen-bond acceptors (Lipinski definition) is 3. The number of rotatable bonds is 7. The molecule has 6 heteroatoms. The van der Waals surface area contributed by atoms with E-state index in [4.69, 9.17) is 8.22 Å². The maximum absolute atomic E-state index is 17.4. The Morgan fingerprint density at radius 1 is 0.533 bits per heavy atom. The summed E-state index contributed by atoms with van der Waals surface area (Å²) in [6, 6.07) is 44.0. The van der Waals surface area contributed by atoms with Crippen LogP contribution in [-0.2, 0) is 22.2 Å². The molecule has 1 aliphatic heterocycles. The highest BCUT2D eigenvalue weighted by Crippen LogP contribution is 2.50. The average Bonchev–Trinajstić information content (AvgIpc) is 3.81. The lowest BCUT2D eigenvalue weighted by Crippen LogP contribution is -2.30. The smallest absolute Gasteiger partial charge is 0.298 e. The largest absolute Gasteiger partial charge is 0.321 e. The van der Waals surface area contributed by atoms with E-state index in [2.05, 4.69) is 80.6 Å². The van der Waals surface area contributed by atoms with Crippen molar-refractivity contribution < 1.29 is 17.0 Å². The fourth-order valence-corrected chi connectivity index (χ4v) is 8.75. The van der Waals surface area contributed by atoms with Gasteiger partial charge in [0.2, 0.25) is 0 Å². The van der Waals surface area contributed by atoms with Gasteiger partial charge in [-0.2, -0.15) is 8.78 Å². The Labute approximate surface area is 361 Å². The number of alkyl halides is 2. The van der Waals surface area contributed by atoms with Gasteiger partial charge in [0.15, 0.2) is 0 Å². The third-order valence-electron chi connectivity index (χ3n) is 11.8. The van der Waals surface area contributed by atoms with Gasteiger partial charge in [0.1, 0.15) is 12.5 Å². The second-order valence-corrected chi connectivity index (χ2v) is 17.9. The van der Waals surface area contributed by atoms with Crippen LogP contribution in [-0.4, -0.2) is 16.2 Å². The predicted octanol–water partition coefficient (Wildman–Crippen LogP) is 14.5. The maximum atomic E-state index is 17.4. The third kappa shape index (κ3) is 6.53. The summed E-state index contributed by atoms with van der Waals surface area (Å²) < 4.78 is 88.8. The normalized spacial score (nSPS) is 15.6. The van der Waals surface area contributed by atoms with Gasteiger partial charge in [0.25, 0.3) is 5.92 Å². The Morgan fingerprint density at radius 3 is 1.83 bits per heavy atom. The van der Waals surface area contributed by atoms with E-state index < -0.39 is 25.0 Å². The summed E-state index contributed by atoms with van der Waals surface area (Å²) in [5.74, 6) is -3.28. The minimum atomic E-state index is -3.47. The Kier molecular flexibility index (Phi) is 7.70. The summed E-state index contributed by atoms with van der Waals surface area (Å²) in [6.45, 7) is 7.65. The molecule has 0 aliphatic carbocycles. The van der Waals surface area contributed by atoms with E-state index in [0.717, 1.165) is 22.4 Å². The number of nitrogens with zero attached hydrogens (tertiary/aromatic N) is 4. The van der Waals surface area contributed by atoms with E-state index in [0.29, 0.717) is 28.8 Å². The van der Waals surface area contributed by atoms with Gasteiger partial charge in [-0.3, -0.25) is 4.57 Å². The monoisotopic (exact) mass is 800 g/mol. The predicted molar refractivity (Wildman–Crippen MR) is 246 cm³/mol. The molecule has 9 rings (SSSR count). The number of anilines is 4. The van der Waals surface area contributed by atoms with Crippen LogP contribution in [0.3, 0.4) is 0 Å². The van der Waals surface area contributed by atoms with Gasteiger partial charge >= 0.3 is 0 Å². The van der Waals surface area contributed by atoms with Crippen molar-refractivity contribution in [2.45, 2.75) is 77.4 Å². The molecule has 0 spiro atoms. The molecule has 0 saturated heterocycles. The van der Waals surface area contributed by atoms with Crippen molar-refractivity contribution in [3.8, 4) is 5.82 Å². The molecular weight excluding hydrogens is 743 g/mol. The van der Waals surface area contributed by atoms with E-state index in [1.54, 1.807) is 41.0 Å². The lowest BCUT2D eigenvalue weighted by molar-refractivity contribution is 0.0430. The Morgan fingerprint density at radius 2 is 1.13 bits per heavy atom. The summed E-state index contributed by atoms with van der Waals surface area (Å²) in [4.78, 5) is 9.05. The second kappa shape index (κ2) is 14.2. The fourth-order valence-electron chi connectivity index (χ4n) is 8.75. The third-order valence-corrected chi connectivity index (χ3v) is 11.8. The van der Waals surface area contributed by atoms with Crippen LogP contribution < -0.4 is 9.80 Å². The summed E-state index contributed by atoms with van der Waals surface area (Å²) in [6.07, 6.45) is 1.38. The first kappa shape index (κ1) is 32.6. The summed E-state index contributed by atoms with van der Waals surface area (Å²) in [7, 11) is 0. The van der Waals surface area contributed by atoms with Crippen LogP contribution in [0.4, 0.5) is 31.5 Å². The number of aromatic nitrogens is 2. The number of halogens is 2. The zero-order valence-corrected chi connectivity index (χ0v) is 34.8. The van der Waals surface area contributed by atoms with Gasteiger partial charge in [-0.25, -0.2) is 4.98 Å². The van der Waals surface area contributed by atoms with E-state index in [-0.39, 0.29) is 38.9 Å². The first-order valence-electron chi connectivity index (χ1n) is 23.4. The van der Waals surface area contributed by atoms with E-state index in [9.17, 15) is 0 Å². The van der Waals surface area contributed by atoms with Gasteiger partial charge in [0.05, 0.1) is 28.1 Å². The molecule has 0 saturated carbocycles. The summed E-state index contributed by atoms with van der Waals surface area (Å²) >= 11 is 0. The maximum Gasteiger partial charge on any atom is 0.298 e. The van der Waals surface area contributed by atoms with E-state index >= 15 is 8.78 Å². The van der Waals surface area contributed by atoms with Crippen molar-refractivity contribution in [1.29, 1.82) is 0 Å². The summed E-state index contributed by atoms with van der Waals surface area (Å²) in [5, 5.41) is 1.43. The van der Waals surface area contributed by atoms with Crippen LogP contribution in [0.25, 0.3) is 27.6 Å². The van der Waals surface area contributed by atoms with Crippen molar-refractivity contribution in [3.05, 3.63) is 191 Å². The first-order chi connectivity index (χ1) is 31.0. The minimum absolute atomic E-state index is 0.00140. The molecule has 0 unspecified atom stereocenters. The molecule has 0 fully saturated rings. The van der Waals surface area contributed by atoms with E-state index in [1.165, 1.54) is 59.8 Å². The Balaban J connectivity index is 1.16. The molecule has 60 heavy (non-hydrogen) atoms. The van der Waals surface area contributed by atoms with Gasteiger partial charge in [-0.05, 0) is 81.6 Å². The van der Waals surface area contributed by atoms with Crippen LogP contribution in [0, 0.1) is 0 Å². The van der Waals surface area contributed by atoms with E-state index in [1.807, 2.05) is 48.5 Å². The molecule has 0 amide bonds.